The van der Waals surface area contributed by atoms with Gasteiger partial charge >= 0.3 is 0 Å². The molecule has 0 fully saturated rings. The number of hydrogen-bond donors (Lipinski definition) is 0. The molecule has 0 saturated carbocycles. The lowest BCUT2D eigenvalue weighted by atomic mass is 9.75. The third-order valence-corrected chi connectivity index (χ3v) is 10.5. The molecular formula is C30H28O2S4. The highest BCUT2D eigenvalue weighted by Gasteiger charge is 2.40. The van der Waals surface area contributed by atoms with E-state index in [1.165, 1.54) is 0 Å². The van der Waals surface area contributed by atoms with Gasteiger partial charge in [-0.25, -0.2) is 0 Å². The summed E-state index contributed by atoms with van der Waals surface area (Å²) in [6, 6.07) is 8.29. The van der Waals surface area contributed by atoms with Crippen molar-refractivity contribution in [2.75, 3.05) is 0 Å². The molecule has 1 aliphatic rings. The summed E-state index contributed by atoms with van der Waals surface area (Å²) in [6.07, 6.45) is 0. The first-order valence-electron chi connectivity index (χ1n) is 11.9. The Morgan fingerprint density at radius 1 is 0.389 bits per heavy atom. The largest absolute Gasteiger partial charge is 0.289 e. The highest BCUT2D eigenvalue weighted by atomic mass is 32.1. The minimum absolute atomic E-state index is 0.0482. The fourth-order valence-corrected chi connectivity index (χ4v) is 8.97. The first-order chi connectivity index (χ1) is 17.0. The molecule has 4 heterocycles. The normalized spacial score (nSPS) is 14.6. The summed E-state index contributed by atoms with van der Waals surface area (Å²) >= 11 is 6.69. The standard InChI is InChI=1S/C30H28O2S4/c1-13-9-21(17(5)33-13)25-26(22-10-14(2)34-18(22)6)30(32)28(24-12-16(4)36-20(24)8)27(29(25)31)23-11-15(3)35-19(23)7/h9-12H,1-8H3. The highest BCUT2D eigenvalue weighted by molar-refractivity contribution is 7.13. The Labute approximate surface area is 228 Å². The Balaban J connectivity index is 1.92. The Kier molecular flexibility index (Phi) is 6.44. The van der Waals surface area contributed by atoms with Crippen molar-refractivity contribution in [3.8, 4) is 0 Å². The van der Waals surface area contributed by atoms with E-state index in [1.54, 1.807) is 45.3 Å². The second kappa shape index (κ2) is 9.18. The second-order valence-corrected chi connectivity index (χ2v) is 15.3. The van der Waals surface area contributed by atoms with E-state index in [0.717, 1.165) is 61.3 Å². The van der Waals surface area contributed by atoms with E-state index in [1.807, 2.05) is 27.7 Å². The van der Waals surface area contributed by atoms with Crippen molar-refractivity contribution < 1.29 is 9.59 Å². The van der Waals surface area contributed by atoms with Gasteiger partial charge in [-0.15, -0.1) is 45.3 Å². The summed E-state index contributed by atoms with van der Waals surface area (Å²) in [6.45, 7) is 16.4. The maximum atomic E-state index is 14.7. The van der Waals surface area contributed by atoms with Crippen LogP contribution in [-0.4, -0.2) is 11.6 Å². The molecule has 184 valence electrons. The van der Waals surface area contributed by atoms with Gasteiger partial charge in [0.25, 0.3) is 0 Å². The van der Waals surface area contributed by atoms with Crippen LogP contribution in [0.1, 0.15) is 61.3 Å². The summed E-state index contributed by atoms with van der Waals surface area (Å²) in [5, 5.41) is 0. The van der Waals surface area contributed by atoms with Crippen LogP contribution < -0.4 is 0 Å². The van der Waals surface area contributed by atoms with Crippen molar-refractivity contribution in [1.29, 1.82) is 0 Å². The van der Waals surface area contributed by atoms with Crippen LogP contribution in [0.4, 0.5) is 0 Å². The summed E-state index contributed by atoms with van der Waals surface area (Å²) in [7, 11) is 0. The number of carbonyl (C=O) groups excluding carboxylic acids is 2. The zero-order valence-electron chi connectivity index (χ0n) is 21.8. The Morgan fingerprint density at radius 3 is 0.722 bits per heavy atom. The zero-order valence-corrected chi connectivity index (χ0v) is 25.0. The average molecular weight is 549 g/mol. The van der Waals surface area contributed by atoms with Gasteiger partial charge in [0.2, 0.25) is 0 Å². The third-order valence-electron chi connectivity index (χ3n) is 6.65. The first-order valence-corrected chi connectivity index (χ1v) is 15.1. The Bertz CT molecular complexity index is 1400. The van der Waals surface area contributed by atoms with Crippen LogP contribution in [0.3, 0.4) is 0 Å². The minimum Gasteiger partial charge on any atom is -0.289 e. The number of Topliss-reactive ketones (excluding diaryl/α,β-unsaturated/α-hetero) is 2. The minimum atomic E-state index is -0.0482. The molecule has 0 amide bonds. The fraction of sp³-hybridized carbons (Fsp3) is 0.267. The highest BCUT2D eigenvalue weighted by Crippen LogP contribution is 2.49. The molecule has 0 saturated heterocycles. The average Bonchev–Trinajstić information content (AvgIpc) is 3.49. The molecule has 5 rings (SSSR count). The second-order valence-electron chi connectivity index (χ2n) is 9.47. The van der Waals surface area contributed by atoms with Gasteiger partial charge in [-0.1, -0.05) is 0 Å². The van der Waals surface area contributed by atoms with Crippen LogP contribution in [0, 0.1) is 55.4 Å². The molecule has 36 heavy (non-hydrogen) atoms. The lowest BCUT2D eigenvalue weighted by molar-refractivity contribution is -0.111. The Hall–Kier alpha value is -2.38. The first kappa shape index (κ1) is 25.3. The number of aryl methyl sites for hydroxylation is 8. The van der Waals surface area contributed by atoms with Crippen molar-refractivity contribution in [2.24, 2.45) is 0 Å². The molecular weight excluding hydrogens is 521 g/mol. The topological polar surface area (TPSA) is 34.1 Å². The molecule has 4 aromatic heterocycles. The summed E-state index contributed by atoms with van der Waals surface area (Å²) in [5.41, 5.74) is 5.73. The van der Waals surface area contributed by atoms with Crippen LogP contribution in [-0.2, 0) is 9.59 Å². The maximum absolute atomic E-state index is 14.7. The van der Waals surface area contributed by atoms with Crippen LogP contribution >= 0.6 is 45.3 Å². The lowest BCUT2D eigenvalue weighted by Crippen LogP contribution is -2.22. The molecule has 1 aliphatic carbocycles. The SMILES string of the molecule is Cc1cc(C2=C(c3cc(C)sc3C)C(=O)C(c3cc(C)sc3C)=C(c3cc(C)sc3C)C2=O)c(C)s1. The smallest absolute Gasteiger partial charge is 0.195 e. The molecule has 0 bridgehead atoms. The predicted molar refractivity (Wildman–Crippen MR) is 159 cm³/mol. The number of allylic oxidation sites excluding steroid dienone is 4. The van der Waals surface area contributed by atoms with E-state index in [-0.39, 0.29) is 11.6 Å². The molecule has 0 aromatic carbocycles. The van der Waals surface area contributed by atoms with Crippen molar-refractivity contribution in [1.82, 2.24) is 0 Å². The van der Waals surface area contributed by atoms with Gasteiger partial charge in [0.15, 0.2) is 11.6 Å². The van der Waals surface area contributed by atoms with Gasteiger partial charge in [-0.3, -0.25) is 9.59 Å². The quantitative estimate of drug-likeness (QED) is 0.238. The van der Waals surface area contributed by atoms with Gasteiger partial charge < -0.3 is 0 Å². The van der Waals surface area contributed by atoms with Crippen molar-refractivity contribution >= 4 is 79.2 Å². The van der Waals surface area contributed by atoms with Crippen LogP contribution in [0.5, 0.6) is 0 Å². The predicted octanol–water partition coefficient (Wildman–Crippen LogP) is 9.07. The van der Waals surface area contributed by atoms with E-state index in [2.05, 4.69) is 52.0 Å². The molecule has 0 aliphatic heterocycles. The molecule has 4 aromatic rings. The van der Waals surface area contributed by atoms with E-state index >= 15 is 0 Å². The summed E-state index contributed by atoms with van der Waals surface area (Å²) in [4.78, 5) is 38.3. The number of rotatable bonds is 4. The van der Waals surface area contributed by atoms with Crippen LogP contribution in [0.15, 0.2) is 24.3 Å². The molecule has 2 nitrogen and oxygen atoms in total. The maximum Gasteiger partial charge on any atom is 0.195 e. The number of thiophene rings is 4. The van der Waals surface area contributed by atoms with E-state index < -0.39 is 0 Å². The molecule has 0 atom stereocenters. The van der Waals surface area contributed by atoms with Crippen LogP contribution in [0.25, 0.3) is 22.3 Å². The molecule has 0 radical (unpaired) electrons. The van der Waals surface area contributed by atoms with Gasteiger partial charge in [-0.2, -0.15) is 0 Å². The summed E-state index contributed by atoms with van der Waals surface area (Å²) in [5.74, 6) is -0.0965. The molecule has 0 unspecified atom stereocenters. The van der Waals surface area contributed by atoms with E-state index in [0.29, 0.717) is 22.3 Å². The van der Waals surface area contributed by atoms with Crippen molar-refractivity contribution in [3.63, 3.8) is 0 Å². The molecule has 0 N–H and O–H groups in total. The lowest BCUT2D eigenvalue weighted by Gasteiger charge is -2.25. The van der Waals surface area contributed by atoms with Gasteiger partial charge in [0, 0.05) is 83.6 Å². The number of carbonyl (C=O) groups is 2. The van der Waals surface area contributed by atoms with Crippen molar-refractivity contribution in [3.05, 3.63) is 85.5 Å². The van der Waals surface area contributed by atoms with Gasteiger partial charge in [0.05, 0.1) is 0 Å². The van der Waals surface area contributed by atoms with Crippen LogP contribution in [0.2, 0.25) is 0 Å². The van der Waals surface area contributed by atoms with E-state index in [4.69, 9.17) is 0 Å². The van der Waals surface area contributed by atoms with Gasteiger partial charge in [-0.05, 0) is 79.7 Å². The van der Waals surface area contributed by atoms with E-state index in [9.17, 15) is 9.59 Å². The number of hydrogen-bond acceptors (Lipinski definition) is 6. The summed E-state index contributed by atoms with van der Waals surface area (Å²) < 4.78 is 0. The van der Waals surface area contributed by atoms with Crippen molar-refractivity contribution in [2.45, 2.75) is 55.4 Å². The molecule has 0 spiro atoms. The zero-order chi connectivity index (χ0) is 26.0. The monoisotopic (exact) mass is 548 g/mol. The van der Waals surface area contributed by atoms with Gasteiger partial charge in [0.1, 0.15) is 0 Å². The third kappa shape index (κ3) is 4.04. The Morgan fingerprint density at radius 2 is 0.583 bits per heavy atom. The number of ketones is 2. The molecule has 6 heteroatoms. The fourth-order valence-electron chi connectivity index (χ4n) is 5.25.